The van der Waals surface area contributed by atoms with Gasteiger partial charge in [-0.05, 0) is 13.0 Å². The zero-order valence-electron chi connectivity index (χ0n) is 10.3. The van der Waals surface area contributed by atoms with E-state index in [0.29, 0.717) is 29.0 Å². The maximum Gasteiger partial charge on any atom is 0.147 e. The van der Waals surface area contributed by atoms with Crippen molar-refractivity contribution in [3.8, 4) is 0 Å². The molecule has 1 atom stereocenters. The van der Waals surface area contributed by atoms with Crippen LogP contribution in [0.3, 0.4) is 0 Å². The van der Waals surface area contributed by atoms with Crippen LogP contribution >= 0.6 is 23.2 Å². The zero-order valence-corrected chi connectivity index (χ0v) is 11.8. The molecule has 0 radical (unpaired) electrons. The summed E-state index contributed by atoms with van der Waals surface area (Å²) in [6, 6.07) is 1.64. The van der Waals surface area contributed by atoms with Crippen LogP contribution in [0.25, 0.3) is 0 Å². The van der Waals surface area contributed by atoms with Gasteiger partial charge in [0, 0.05) is 25.2 Å². The molecule has 0 amide bonds. The highest BCUT2D eigenvalue weighted by molar-refractivity contribution is 6.36. The third-order valence-electron chi connectivity index (χ3n) is 2.58. The SMILES string of the molecule is CCN(CC(C)C(N)=NO)c1ncc(Cl)cc1Cl. The molecule has 5 nitrogen and oxygen atoms in total. The average molecular weight is 291 g/mol. The van der Waals surface area contributed by atoms with E-state index in [2.05, 4.69) is 10.1 Å². The van der Waals surface area contributed by atoms with Gasteiger partial charge in [-0.25, -0.2) is 4.98 Å². The molecular formula is C11H16Cl2N4O. The van der Waals surface area contributed by atoms with E-state index >= 15 is 0 Å². The largest absolute Gasteiger partial charge is 0.409 e. The molecule has 0 spiro atoms. The zero-order chi connectivity index (χ0) is 13.7. The summed E-state index contributed by atoms with van der Waals surface area (Å²) >= 11 is 11.9. The smallest absolute Gasteiger partial charge is 0.147 e. The fourth-order valence-electron chi connectivity index (χ4n) is 1.53. The number of pyridine rings is 1. The standard InChI is InChI=1S/C11H16Cl2N4O/c1-3-17(6-7(2)10(14)16-18)11-9(13)4-8(12)5-15-11/h4-5,7,18H,3,6H2,1-2H3,(H2,14,16). The van der Waals surface area contributed by atoms with Crippen molar-refractivity contribution in [3.05, 3.63) is 22.3 Å². The lowest BCUT2D eigenvalue weighted by atomic mass is 10.1. The molecule has 0 bridgehead atoms. The first-order valence-corrected chi connectivity index (χ1v) is 6.28. The molecule has 0 aromatic carbocycles. The van der Waals surface area contributed by atoms with E-state index in [1.165, 1.54) is 0 Å². The topological polar surface area (TPSA) is 74.7 Å². The Morgan fingerprint density at radius 3 is 2.78 bits per heavy atom. The highest BCUT2D eigenvalue weighted by Crippen LogP contribution is 2.26. The summed E-state index contributed by atoms with van der Waals surface area (Å²) < 4.78 is 0. The molecule has 18 heavy (non-hydrogen) atoms. The predicted octanol–water partition coefficient (Wildman–Crippen LogP) is 2.60. The number of hydrogen-bond acceptors (Lipinski definition) is 4. The number of hydrogen-bond donors (Lipinski definition) is 2. The Hall–Kier alpha value is -1.20. The quantitative estimate of drug-likeness (QED) is 0.378. The highest BCUT2D eigenvalue weighted by atomic mass is 35.5. The molecule has 0 fully saturated rings. The van der Waals surface area contributed by atoms with Gasteiger partial charge in [0.15, 0.2) is 0 Å². The van der Waals surface area contributed by atoms with Gasteiger partial charge in [-0.2, -0.15) is 0 Å². The van der Waals surface area contributed by atoms with Crippen molar-refractivity contribution >= 4 is 34.9 Å². The highest BCUT2D eigenvalue weighted by Gasteiger charge is 2.16. The first-order valence-electron chi connectivity index (χ1n) is 5.53. The van der Waals surface area contributed by atoms with Gasteiger partial charge in [0.1, 0.15) is 11.7 Å². The number of aromatic nitrogens is 1. The third kappa shape index (κ3) is 3.65. The van der Waals surface area contributed by atoms with Crippen molar-refractivity contribution in [1.82, 2.24) is 4.98 Å². The van der Waals surface area contributed by atoms with Gasteiger partial charge >= 0.3 is 0 Å². The third-order valence-corrected chi connectivity index (χ3v) is 3.07. The van der Waals surface area contributed by atoms with E-state index < -0.39 is 0 Å². The minimum absolute atomic E-state index is 0.108. The molecule has 7 heteroatoms. The van der Waals surface area contributed by atoms with Crippen LogP contribution in [-0.2, 0) is 0 Å². The molecule has 1 rings (SSSR count). The molecule has 0 aliphatic rings. The van der Waals surface area contributed by atoms with Crippen LogP contribution < -0.4 is 10.6 Å². The van der Waals surface area contributed by atoms with Gasteiger partial charge in [-0.1, -0.05) is 35.3 Å². The van der Waals surface area contributed by atoms with Crippen molar-refractivity contribution < 1.29 is 5.21 Å². The Morgan fingerprint density at radius 1 is 1.61 bits per heavy atom. The summed E-state index contributed by atoms with van der Waals surface area (Å²) in [4.78, 5) is 6.15. The van der Waals surface area contributed by atoms with Crippen LogP contribution in [0.4, 0.5) is 5.82 Å². The number of nitrogens with two attached hydrogens (primary N) is 1. The lowest BCUT2D eigenvalue weighted by Crippen LogP contribution is -2.35. The Labute approximate surface area is 116 Å². The molecular weight excluding hydrogens is 275 g/mol. The van der Waals surface area contributed by atoms with Crippen molar-refractivity contribution in [3.63, 3.8) is 0 Å². The van der Waals surface area contributed by atoms with E-state index in [4.69, 9.17) is 34.1 Å². The van der Waals surface area contributed by atoms with Crippen molar-refractivity contribution in [1.29, 1.82) is 0 Å². The van der Waals surface area contributed by atoms with Crippen LogP contribution in [0.15, 0.2) is 17.4 Å². The van der Waals surface area contributed by atoms with Gasteiger partial charge in [0.25, 0.3) is 0 Å². The van der Waals surface area contributed by atoms with Crippen LogP contribution in [0, 0.1) is 5.92 Å². The van der Waals surface area contributed by atoms with Crippen molar-refractivity contribution in [2.24, 2.45) is 16.8 Å². The summed E-state index contributed by atoms with van der Waals surface area (Å²) in [6.45, 7) is 5.10. The summed E-state index contributed by atoms with van der Waals surface area (Å²) in [6.07, 6.45) is 1.54. The molecule has 100 valence electrons. The van der Waals surface area contributed by atoms with Gasteiger partial charge in [0.2, 0.25) is 0 Å². The Morgan fingerprint density at radius 2 is 2.28 bits per heavy atom. The molecule has 1 heterocycles. The second-order valence-electron chi connectivity index (χ2n) is 3.92. The Bertz CT molecular complexity index is 439. The maximum atomic E-state index is 8.64. The van der Waals surface area contributed by atoms with Gasteiger partial charge in [-0.15, -0.1) is 0 Å². The fourth-order valence-corrected chi connectivity index (χ4v) is 2.03. The molecule has 0 aliphatic carbocycles. The number of oxime groups is 1. The summed E-state index contributed by atoms with van der Waals surface area (Å²) in [5, 5.41) is 12.6. The lowest BCUT2D eigenvalue weighted by molar-refractivity contribution is 0.314. The second kappa shape index (κ2) is 6.66. The minimum Gasteiger partial charge on any atom is -0.409 e. The number of nitrogens with zero attached hydrogens (tertiary/aromatic N) is 3. The van der Waals surface area contributed by atoms with E-state index in [-0.39, 0.29) is 11.8 Å². The minimum atomic E-state index is -0.108. The first kappa shape index (κ1) is 14.9. The van der Waals surface area contributed by atoms with Gasteiger partial charge in [-0.3, -0.25) is 0 Å². The van der Waals surface area contributed by atoms with Crippen LogP contribution in [0.2, 0.25) is 10.0 Å². The number of rotatable bonds is 5. The molecule has 1 aromatic rings. The van der Waals surface area contributed by atoms with Crippen LogP contribution in [0.1, 0.15) is 13.8 Å². The number of halogens is 2. The van der Waals surface area contributed by atoms with Crippen molar-refractivity contribution in [2.75, 3.05) is 18.0 Å². The van der Waals surface area contributed by atoms with Crippen molar-refractivity contribution in [2.45, 2.75) is 13.8 Å². The molecule has 1 unspecified atom stereocenters. The van der Waals surface area contributed by atoms with E-state index in [1.54, 1.807) is 12.3 Å². The molecule has 3 N–H and O–H groups in total. The maximum absolute atomic E-state index is 8.64. The average Bonchev–Trinajstić information content (AvgIpc) is 2.35. The van der Waals surface area contributed by atoms with Gasteiger partial charge < -0.3 is 15.8 Å². The normalized spacial score (nSPS) is 13.4. The number of anilines is 1. The molecule has 0 aliphatic heterocycles. The van der Waals surface area contributed by atoms with E-state index in [0.717, 1.165) is 0 Å². The summed E-state index contributed by atoms with van der Waals surface area (Å²) in [5.74, 6) is 0.711. The number of amidine groups is 1. The monoisotopic (exact) mass is 290 g/mol. The summed E-state index contributed by atoms with van der Waals surface area (Å²) in [5.41, 5.74) is 5.56. The Balaban J connectivity index is 2.89. The molecule has 0 saturated carbocycles. The van der Waals surface area contributed by atoms with Crippen LogP contribution in [0.5, 0.6) is 0 Å². The van der Waals surface area contributed by atoms with Gasteiger partial charge in [0.05, 0.1) is 10.0 Å². The molecule has 0 saturated heterocycles. The first-order chi connectivity index (χ1) is 8.49. The van der Waals surface area contributed by atoms with Crippen LogP contribution in [-0.4, -0.2) is 29.1 Å². The lowest BCUT2D eigenvalue weighted by Gasteiger charge is -2.25. The summed E-state index contributed by atoms with van der Waals surface area (Å²) in [7, 11) is 0. The van der Waals surface area contributed by atoms with E-state index in [1.807, 2.05) is 18.7 Å². The predicted molar refractivity (Wildman–Crippen MR) is 74.7 cm³/mol. The second-order valence-corrected chi connectivity index (χ2v) is 4.77. The molecule has 1 aromatic heterocycles. The fraction of sp³-hybridized carbons (Fsp3) is 0.455. The Kier molecular flexibility index (Phi) is 5.50. The van der Waals surface area contributed by atoms with E-state index in [9.17, 15) is 0 Å².